The summed E-state index contributed by atoms with van der Waals surface area (Å²) in [5.74, 6) is 2.45. The highest BCUT2D eigenvalue weighted by Crippen LogP contribution is 2.22. The van der Waals surface area contributed by atoms with Gasteiger partial charge in [-0.1, -0.05) is 0 Å². The van der Waals surface area contributed by atoms with Crippen LogP contribution in [0.1, 0.15) is 24.5 Å². The van der Waals surface area contributed by atoms with E-state index in [1.807, 2.05) is 19.2 Å². The maximum Gasteiger partial charge on any atom is 0.228 e. The van der Waals surface area contributed by atoms with Crippen molar-refractivity contribution in [2.24, 2.45) is 0 Å². The molecule has 0 unspecified atom stereocenters. The summed E-state index contributed by atoms with van der Waals surface area (Å²) < 4.78 is 0. The van der Waals surface area contributed by atoms with E-state index in [1.165, 1.54) is 19.2 Å². The van der Waals surface area contributed by atoms with Crippen molar-refractivity contribution in [3.05, 3.63) is 30.4 Å². The van der Waals surface area contributed by atoms with Crippen molar-refractivity contribution in [3.8, 4) is 0 Å². The molecular formula is C14H19N7. The number of nitrogens with one attached hydrogen (secondary N) is 3. The van der Waals surface area contributed by atoms with E-state index in [2.05, 4.69) is 35.9 Å². The molecule has 2 aromatic heterocycles. The Balaban J connectivity index is 1.76. The van der Waals surface area contributed by atoms with Crippen LogP contribution in [0.15, 0.2) is 24.7 Å². The maximum absolute atomic E-state index is 4.60. The Hall–Kier alpha value is -2.28. The van der Waals surface area contributed by atoms with Gasteiger partial charge in [-0.3, -0.25) is 0 Å². The zero-order chi connectivity index (χ0) is 14.5. The van der Waals surface area contributed by atoms with Crippen LogP contribution in [0.3, 0.4) is 0 Å². The average molecular weight is 285 g/mol. The predicted octanol–water partition coefficient (Wildman–Crippen LogP) is 1.52. The van der Waals surface area contributed by atoms with Crippen LogP contribution in [-0.2, 0) is 0 Å². The van der Waals surface area contributed by atoms with Crippen LogP contribution < -0.4 is 16.0 Å². The van der Waals surface area contributed by atoms with E-state index < -0.39 is 0 Å². The SMILES string of the molecule is CNc1cc(Nc2nccc([C@@H]3CCCNC3)n2)ncn1. The summed E-state index contributed by atoms with van der Waals surface area (Å²) in [6.45, 7) is 2.08. The number of anilines is 3. The number of hydrogen-bond acceptors (Lipinski definition) is 7. The quantitative estimate of drug-likeness (QED) is 0.785. The maximum atomic E-state index is 4.60. The average Bonchev–Trinajstić information content (AvgIpc) is 2.56. The van der Waals surface area contributed by atoms with E-state index in [4.69, 9.17) is 0 Å². The number of nitrogens with zero attached hydrogens (tertiary/aromatic N) is 4. The Labute approximate surface area is 123 Å². The van der Waals surface area contributed by atoms with Crippen LogP contribution in [0.5, 0.6) is 0 Å². The fraction of sp³-hybridized carbons (Fsp3) is 0.429. The first-order chi connectivity index (χ1) is 10.3. The summed E-state index contributed by atoms with van der Waals surface area (Å²) in [6.07, 6.45) is 5.65. The first kappa shape index (κ1) is 13.7. The lowest BCUT2D eigenvalue weighted by atomic mass is 9.96. The van der Waals surface area contributed by atoms with Crippen LogP contribution in [0.4, 0.5) is 17.6 Å². The third-order valence-corrected chi connectivity index (χ3v) is 3.56. The summed E-state index contributed by atoms with van der Waals surface area (Å²) >= 11 is 0. The van der Waals surface area contributed by atoms with E-state index in [0.717, 1.165) is 24.6 Å². The minimum Gasteiger partial charge on any atom is -0.373 e. The lowest BCUT2D eigenvalue weighted by molar-refractivity contribution is 0.454. The summed E-state index contributed by atoms with van der Waals surface area (Å²) in [5, 5.41) is 9.51. The van der Waals surface area contributed by atoms with Gasteiger partial charge in [0.1, 0.15) is 18.0 Å². The van der Waals surface area contributed by atoms with Gasteiger partial charge in [0.25, 0.3) is 0 Å². The fourth-order valence-corrected chi connectivity index (χ4v) is 2.44. The second kappa shape index (κ2) is 6.45. The van der Waals surface area contributed by atoms with E-state index in [1.54, 1.807) is 6.20 Å². The lowest BCUT2D eigenvalue weighted by Gasteiger charge is -2.22. The van der Waals surface area contributed by atoms with Crippen molar-refractivity contribution in [2.45, 2.75) is 18.8 Å². The van der Waals surface area contributed by atoms with Crippen LogP contribution in [0, 0.1) is 0 Å². The third kappa shape index (κ3) is 3.43. The van der Waals surface area contributed by atoms with Gasteiger partial charge in [0.2, 0.25) is 5.95 Å². The number of aromatic nitrogens is 4. The Morgan fingerprint density at radius 1 is 1.24 bits per heavy atom. The number of piperidine rings is 1. The molecule has 3 N–H and O–H groups in total. The van der Waals surface area contributed by atoms with Gasteiger partial charge in [0, 0.05) is 31.8 Å². The van der Waals surface area contributed by atoms with E-state index in [9.17, 15) is 0 Å². The van der Waals surface area contributed by atoms with Crippen molar-refractivity contribution < 1.29 is 0 Å². The standard InChI is InChI=1S/C14H19N7/c1-15-12-7-13(19-9-18-12)21-14-17-6-4-11(20-14)10-3-2-5-16-8-10/h4,6-7,9-10,16H,2-3,5,8H2,1H3,(H2,15,17,18,19,20,21)/t10-/m1/s1. The molecular weight excluding hydrogens is 266 g/mol. The molecule has 0 aliphatic carbocycles. The first-order valence-corrected chi connectivity index (χ1v) is 7.15. The molecule has 0 spiro atoms. The minimum atomic E-state index is 0.459. The molecule has 3 heterocycles. The van der Waals surface area contributed by atoms with Gasteiger partial charge >= 0.3 is 0 Å². The highest BCUT2D eigenvalue weighted by Gasteiger charge is 2.16. The molecule has 1 atom stereocenters. The number of rotatable bonds is 4. The van der Waals surface area contributed by atoms with E-state index in [0.29, 0.717) is 17.7 Å². The van der Waals surface area contributed by atoms with Gasteiger partial charge in [0.15, 0.2) is 0 Å². The molecule has 0 radical (unpaired) electrons. The molecule has 7 heteroatoms. The highest BCUT2D eigenvalue weighted by atomic mass is 15.2. The monoisotopic (exact) mass is 285 g/mol. The molecule has 0 saturated carbocycles. The van der Waals surface area contributed by atoms with Crippen molar-refractivity contribution in [1.29, 1.82) is 0 Å². The zero-order valence-electron chi connectivity index (χ0n) is 12.0. The molecule has 21 heavy (non-hydrogen) atoms. The van der Waals surface area contributed by atoms with Crippen LogP contribution in [0.25, 0.3) is 0 Å². The summed E-state index contributed by atoms with van der Waals surface area (Å²) in [6, 6.07) is 3.81. The Kier molecular flexibility index (Phi) is 4.20. The molecule has 1 aliphatic rings. The number of hydrogen-bond donors (Lipinski definition) is 3. The van der Waals surface area contributed by atoms with Gasteiger partial charge in [-0.05, 0) is 25.5 Å². The lowest BCUT2D eigenvalue weighted by Crippen LogP contribution is -2.28. The van der Waals surface area contributed by atoms with Gasteiger partial charge in [-0.2, -0.15) is 0 Å². The normalized spacial score (nSPS) is 18.2. The largest absolute Gasteiger partial charge is 0.373 e. The Morgan fingerprint density at radius 2 is 2.14 bits per heavy atom. The van der Waals surface area contributed by atoms with Gasteiger partial charge in [-0.15, -0.1) is 0 Å². The molecule has 3 rings (SSSR count). The molecule has 0 aromatic carbocycles. The van der Waals surface area contributed by atoms with Crippen LogP contribution >= 0.6 is 0 Å². The Bertz CT molecular complexity index is 595. The molecule has 110 valence electrons. The first-order valence-electron chi connectivity index (χ1n) is 7.15. The fourth-order valence-electron chi connectivity index (χ4n) is 2.44. The minimum absolute atomic E-state index is 0.459. The molecule has 2 aromatic rings. The second-order valence-electron chi connectivity index (χ2n) is 5.01. The predicted molar refractivity (Wildman–Crippen MR) is 81.7 cm³/mol. The zero-order valence-corrected chi connectivity index (χ0v) is 12.0. The van der Waals surface area contributed by atoms with Crippen molar-refractivity contribution in [3.63, 3.8) is 0 Å². The second-order valence-corrected chi connectivity index (χ2v) is 5.01. The van der Waals surface area contributed by atoms with Gasteiger partial charge < -0.3 is 16.0 Å². The summed E-state index contributed by atoms with van der Waals surface area (Å²) in [7, 11) is 1.82. The van der Waals surface area contributed by atoms with E-state index >= 15 is 0 Å². The topological polar surface area (TPSA) is 87.7 Å². The van der Waals surface area contributed by atoms with E-state index in [-0.39, 0.29) is 0 Å². The van der Waals surface area contributed by atoms with Crippen LogP contribution in [-0.4, -0.2) is 40.1 Å². The molecule has 1 fully saturated rings. The molecule has 0 bridgehead atoms. The Morgan fingerprint density at radius 3 is 2.95 bits per heavy atom. The molecule has 1 saturated heterocycles. The van der Waals surface area contributed by atoms with Crippen LogP contribution in [0.2, 0.25) is 0 Å². The summed E-state index contributed by atoms with van der Waals surface area (Å²) in [4.78, 5) is 17.1. The smallest absolute Gasteiger partial charge is 0.228 e. The van der Waals surface area contributed by atoms with Crippen molar-refractivity contribution in [2.75, 3.05) is 30.8 Å². The highest BCUT2D eigenvalue weighted by molar-refractivity contribution is 5.52. The summed E-state index contributed by atoms with van der Waals surface area (Å²) in [5.41, 5.74) is 1.07. The van der Waals surface area contributed by atoms with Gasteiger partial charge in [-0.25, -0.2) is 19.9 Å². The van der Waals surface area contributed by atoms with Gasteiger partial charge in [0.05, 0.1) is 5.69 Å². The van der Waals surface area contributed by atoms with Crippen molar-refractivity contribution in [1.82, 2.24) is 25.3 Å². The molecule has 7 nitrogen and oxygen atoms in total. The molecule has 1 aliphatic heterocycles. The van der Waals surface area contributed by atoms with Crippen molar-refractivity contribution >= 4 is 17.6 Å². The molecule has 0 amide bonds. The third-order valence-electron chi connectivity index (χ3n) is 3.56.